The molecule has 0 amide bonds. The third-order valence-corrected chi connectivity index (χ3v) is 4.08. The van der Waals surface area contributed by atoms with Crippen LogP contribution >= 0.6 is 0 Å². The van der Waals surface area contributed by atoms with E-state index in [1.54, 1.807) is 0 Å². The van der Waals surface area contributed by atoms with Gasteiger partial charge in [-0.3, -0.25) is 4.68 Å². The Balaban J connectivity index is 2.05. The first-order chi connectivity index (χ1) is 9.13. The van der Waals surface area contributed by atoms with E-state index in [1.165, 1.54) is 43.6 Å². The van der Waals surface area contributed by atoms with Crippen LogP contribution in [-0.4, -0.2) is 40.9 Å². The van der Waals surface area contributed by atoms with Crippen LogP contribution in [0.2, 0.25) is 0 Å². The second-order valence-electron chi connectivity index (χ2n) is 5.60. The minimum absolute atomic E-state index is 0.408. The van der Waals surface area contributed by atoms with Crippen LogP contribution in [0, 0.1) is 13.8 Å². The number of piperidine rings is 1. The molecule has 2 rings (SSSR count). The van der Waals surface area contributed by atoms with Crippen molar-refractivity contribution in [2.24, 2.45) is 0 Å². The SMILES string of the molecule is CCOc1nn([C@@H](C)CN2CCCCC2)c(C)c1C. The summed E-state index contributed by atoms with van der Waals surface area (Å²) < 4.78 is 7.73. The van der Waals surface area contributed by atoms with Crippen LogP contribution < -0.4 is 4.74 Å². The lowest BCUT2D eigenvalue weighted by molar-refractivity contribution is 0.195. The maximum atomic E-state index is 5.59. The molecule has 0 aliphatic carbocycles. The van der Waals surface area contributed by atoms with Gasteiger partial charge in [-0.2, -0.15) is 0 Å². The summed E-state index contributed by atoms with van der Waals surface area (Å²) in [6.45, 7) is 12.7. The molecule has 0 bridgehead atoms. The van der Waals surface area contributed by atoms with Crippen LogP contribution in [0.15, 0.2) is 0 Å². The van der Waals surface area contributed by atoms with Crippen LogP contribution in [0.1, 0.15) is 50.4 Å². The zero-order valence-electron chi connectivity index (χ0n) is 12.8. The molecule has 4 heteroatoms. The standard InChI is InChI=1S/C15H27N3O/c1-5-19-15-13(3)14(4)18(16-15)12(2)11-17-9-7-6-8-10-17/h12H,5-11H2,1-4H3/t12-/m0/s1. The lowest BCUT2D eigenvalue weighted by Crippen LogP contribution is -2.34. The molecule has 1 atom stereocenters. The number of aromatic nitrogens is 2. The summed E-state index contributed by atoms with van der Waals surface area (Å²) in [5.74, 6) is 0.797. The first-order valence-corrected chi connectivity index (χ1v) is 7.54. The number of hydrogen-bond donors (Lipinski definition) is 0. The van der Waals surface area contributed by atoms with E-state index in [4.69, 9.17) is 4.74 Å². The van der Waals surface area contributed by atoms with Gasteiger partial charge in [0.1, 0.15) is 0 Å². The summed E-state index contributed by atoms with van der Waals surface area (Å²) in [5.41, 5.74) is 2.40. The molecule has 0 spiro atoms. The quantitative estimate of drug-likeness (QED) is 0.820. The molecule has 108 valence electrons. The summed E-state index contributed by atoms with van der Waals surface area (Å²) in [6.07, 6.45) is 4.07. The molecular weight excluding hydrogens is 238 g/mol. The van der Waals surface area contributed by atoms with Gasteiger partial charge in [0.2, 0.25) is 5.88 Å². The topological polar surface area (TPSA) is 30.3 Å². The fraction of sp³-hybridized carbons (Fsp3) is 0.800. The van der Waals surface area contributed by atoms with Crippen molar-refractivity contribution in [2.75, 3.05) is 26.2 Å². The molecule has 0 unspecified atom stereocenters. The average Bonchev–Trinajstić information content (AvgIpc) is 2.69. The first-order valence-electron chi connectivity index (χ1n) is 7.54. The van der Waals surface area contributed by atoms with Gasteiger partial charge in [-0.25, -0.2) is 0 Å². The van der Waals surface area contributed by atoms with Gasteiger partial charge in [0.05, 0.1) is 12.6 Å². The molecule has 1 aliphatic heterocycles. The molecule has 1 aromatic rings. The van der Waals surface area contributed by atoms with E-state index in [0.717, 1.165) is 12.4 Å². The number of nitrogens with zero attached hydrogens (tertiary/aromatic N) is 3. The molecule has 1 fully saturated rings. The summed E-state index contributed by atoms with van der Waals surface area (Å²) in [4.78, 5) is 2.56. The van der Waals surface area contributed by atoms with Crippen LogP contribution in [-0.2, 0) is 0 Å². The number of rotatable bonds is 5. The van der Waals surface area contributed by atoms with Crippen molar-refractivity contribution in [3.8, 4) is 5.88 Å². The van der Waals surface area contributed by atoms with Crippen molar-refractivity contribution in [2.45, 2.75) is 53.0 Å². The Bertz CT molecular complexity index is 408. The van der Waals surface area contributed by atoms with Crippen molar-refractivity contribution in [1.29, 1.82) is 0 Å². The van der Waals surface area contributed by atoms with Gasteiger partial charge < -0.3 is 9.64 Å². The number of likely N-dealkylation sites (tertiary alicyclic amines) is 1. The fourth-order valence-corrected chi connectivity index (χ4v) is 2.87. The van der Waals surface area contributed by atoms with Gasteiger partial charge in [0.15, 0.2) is 0 Å². The van der Waals surface area contributed by atoms with Crippen LogP contribution in [0.3, 0.4) is 0 Å². The Hall–Kier alpha value is -1.03. The highest BCUT2D eigenvalue weighted by atomic mass is 16.5. The Morgan fingerprint density at radius 1 is 1.21 bits per heavy atom. The molecule has 1 aliphatic rings. The average molecular weight is 265 g/mol. The Morgan fingerprint density at radius 2 is 1.89 bits per heavy atom. The molecule has 0 N–H and O–H groups in total. The Morgan fingerprint density at radius 3 is 2.53 bits per heavy atom. The molecule has 2 heterocycles. The summed E-state index contributed by atoms with van der Waals surface area (Å²) in [7, 11) is 0. The Kier molecular flexibility index (Phi) is 4.86. The van der Waals surface area contributed by atoms with E-state index in [9.17, 15) is 0 Å². The highest BCUT2D eigenvalue weighted by Crippen LogP contribution is 2.23. The molecule has 1 aromatic heterocycles. The van der Waals surface area contributed by atoms with Crippen molar-refractivity contribution < 1.29 is 4.74 Å². The second-order valence-corrected chi connectivity index (χ2v) is 5.60. The monoisotopic (exact) mass is 265 g/mol. The second kappa shape index (κ2) is 6.42. The minimum atomic E-state index is 0.408. The van der Waals surface area contributed by atoms with Crippen molar-refractivity contribution in [1.82, 2.24) is 14.7 Å². The van der Waals surface area contributed by atoms with Gasteiger partial charge in [0.25, 0.3) is 0 Å². The first kappa shape index (κ1) is 14.4. The maximum Gasteiger partial charge on any atom is 0.235 e. The highest BCUT2D eigenvalue weighted by Gasteiger charge is 2.19. The Labute approximate surface area is 116 Å². The number of hydrogen-bond acceptors (Lipinski definition) is 3. The minimum Gasteiger partial charge on any atom is -0.477 e. The molecule has 4 nitrogen and oxygen atoms in total. The smallest absolute Gasteiger partial charge is 0.235 e. The third-order valence-electron chi connectivity index (χ3n) is 4.08. The molecular formula is C15H27N3O. The normalized spacial score (nSPS) is 18.5. The summed E-state index contributed by atoms with van der Waals surface area (Å²) in [5, 5.41) is 4.63. The zero-order chi connectivity index (χ0) is 13.8. The highest BCUT2D eigenvalue weighted by molar-refractivity contribution is 5.29. The molecule has 0 radical (unpaired) electrons. The maximum absolute atomic E-state index is 5.59. The summed E-state index contributed by atoms with van der Waals surface area (Å²) >= 11 is 0. The van der Waals surface area contributed by atoms with Crippen molar-refractivity contribution in [3.05, 3.63) is 11.3 Å². The van der Waals surface area contributed by atoms with Gasteiger partial charge in [-0.1, -0.05) is 6.42 Å². The molecule has 19 heavy (non-hydrogen) atoms. The molecule has 0 aromatic carbocycles. The van der Waals surface area contributed by atoms with E-state index >= 15 is 0 Å². The van der Waals surface area contributed by atoms with Gasteiger partial charge >= 0.3 is 0 Å². The van der Waals surface area contributed by atoms with Crippen LogP contribution in [0.25, 0.3) is 0 Å². The van der Waals surface area contributed by atoms with E-state index in [2.05, 4.69) is 35.5 Å². The van der Waals surface area contributed by atoms with Crippen molar-refractivity contribution in [3.63, 3.8) is 0 Å². The van der Waals surface area contributed by atoms with E-state index in [0.29, 0.717) is 12.6 Å². The van der Waals surface area contributed by atoms with Crippen molar-refractivity contribution >= 4 is 0 Å². The van der Waals surface area contributed by atoms with E-state index in [1.807, 2.05) is 6.92 Å². The predicted molar refractivity (Wildman–Crippen MR) is 77.9 cm³/mol. The largest absolute Gasteiger partial charge is 0.477 e. The lowest BCUT2D eigenvalue weighted by Gasteiger charge is -2.29. The predicted octanol–water partition coefficient (Wildman–Crippen LogP) is 2.95. The van der Waals surface area contributed by atoms with E-state index in [-0.39, 0.29) is 0 Å². The molecule has 0 saturated carbocycles. The fourth-order valence-electron chi connectivity index (χ4n) is 2.87. The zero-order valence-corrected chi connectivity index (χ0v) is 12.8. The summed E-state index contributed by atoms with van der Waals surface area (Å²) in [6, 6.07) is 0.408. The van der Waals surface area contributed by atoms with Gasteiger partial charge in [-0.05, 0) is 53.6 Å². The van der Waals surface area contributed by atoms with Gasteiger partial charge in [0, 0.05) is 17.8 Å². The lowest BCUT2D eigenvalue weighted by atomic mass is 10.1. The third kappa shape index (κ3) is 3.30. The van der Waals surface area contributed by atoms with Gasteiger partial charge in [-0.15, -0.1) is 5.10 Å². The molecule has 1 saturated heterocycles. The van der Waals surface area contributed by atoms with E-state index < -0.39 is 0 Å². The number of ether oxygens (including phenoxy) is 1. The van der Waals surface area contributed by atoms with Crippen LogP contribution in [0.5, 0.6) is 5.88 Å². The van der Waals surface area contributed by atoms with Crippen LogP contribution in [0.4, 0.5) is 0 Å².